The third kappa shape index (κ3) is 2.36. The number of benzene rings is 1. The van der Waals surface area contributed by atoms with Crippen LogP contribution in [0.4, 0.5) is 0 Å². The fraction of sp³-hybridized carbons (Fsp3) is 0.438. The summed E-state index contributed by atoms with van der Waals surface area (Å²) in [5, 5.41) is 0.617. The van der Waals surface area contributed by atoms with Crippen LogP contribution in [0.1, 0.15) is 23.2 Å². The molecule has 1 amide bonds. The molecule has 0 radical (unpaired) electrons. The standard InChI is InChI=1S/C16H19ClN2O/c1-2-8-18-9-6-15-14(18)7-10-19(15)16(20)12-4-3-5-13(17)11-12/h2-5,11,14-15H,1,6-10H2/t14-,15+/m0/s1. The molecule has 0 aromatic heterocycles. The Hall–Kier alpha value is -1.32. The van der Waals surface area contributed by atoms with Gasteiger partial charge in [-0.1, -0.05) is 23.7 Å². The Morgan fingerprint density at radius 3 is 2.90 bits per heavy atom. The quantitative estimate of drug-likeness (QED) is 0.799. The smallest absolute Gasteiger partial charge is 0.254 e. The maximum atomic E-state index is 12.6. The van der Waals surface area contributed by atoms with Crippen LogP contribution in [0.2, 0.25) is 5.02 Å². The van der Waals surface area contributed by atoms with E-state index in [1.807, 2.05) is 23.1 Å². The van der Waals surface area contributed by atoms with Crippen molar-refractivity contribution in [3.05, 3.63) is 47.5 Å². The van der Waals surface area contributed by atoms with Gasteiger partial charge in [0.1, 0.15) is 0 Å². The van der Waals surface area contributed by atoms with Gasteiger partial charge < -0.3 is 4.90 Å². The van der Waals surface area contributed by atoms with E-state index < -0.39 is 0 Å². The van der Waals surface area contributed by atoms with E-state index in [9.17, 15) is 4.79 Å². The number of likely N-dealkylation sites (tertiary alicyclic amines) is 2. The molecular weight excluding hydrogens is 272 g/mol. The van der Waals surface area contributed by atoms with Gasteiger partial charge in [0.05, 0.1) is 0 Å². The Labute approximate surface area is 124 Å². The maximum Gasteiger partial charge on any atom is 0.254 e. The van der Waals surface area contributed by atoms with Crippen molar-refractivity contribution in [3.63, 3.8) is 0 Å². The summed E-state index contributed by atoms with van der Waals surface area (Å²) in [7, 11) is 0. The van der Waals surface area contributed by atoms with Crippen molar-refractivity contribution in [1.29, 1.82) is 0 Å². The van der Waals surface area contributed by atoms with Crippen LogP contribution in [-0.4, -0.2) is 47.4 Å². The molecule has 1 aromatic rings. The Morgan fingerprint density at radius 2 is 2.15 bits per heavy atom. The van der Waals surface area contributed by atoms with Gasteiger partial charge in [-0.3, -0.25) is 9.69 Å². The molecule has 106 valence electrons. The topological polar surface area (TPSA) is 23.6 Å². The minimum Gasteiger partial charge on any atom is -0.334 e. The molecule has 0 unspecified atom stereocenters. The van der Waals surface area contributed by atoms with Crippen LogP contribution in [0, 0.1) is 0 Å². The molecule has 3 nitrogen and oxygen atoms in total. The number of carbonyl (C=O) groups is 1. The lowest BCUT2D eigenvalue weighted by molar-refractivity contribution is 0.0733. The summed E-state index contributed by atoms with van der Waals surface area (Å²) >= 11 is 5.98. The second-order valence-electron chi connectivity index (χ2n) is 5.50. The fourth-order valence-electron chi connectivity index (χ4n) is 3.51. The van der Waals surface area contributed by atoms with Gasteiger partial charge in [-0.15, -0.1) is 6.58 Å². The molecule has 2 aliphatic rings. The first kappa shape index (κ1) is 13.7. The summed E-state index contributed by atoms with van der Waals surface area (Å²) in [6.07, 6.45) is 4.07. The van der Waals surface area contributed by atoms with Crippen LogP contribution < -0.4 is 0 Å². The fourth-order valence-corrected chi connectivity index (χ4v) is 3.70. The molecule has 20 heavy (non-hydrogen) atoms. The average Bonchev–Trinajstić information content (AvgIpc) is 3.01. The third-order valence-corrected chi connectivity index (χ3v) is 4.62. The van der Waals surface area contributed by atoms with Crippen LogP contribution in [0.3, 0.4) is 0 Å². The Morgan fingerprint density at radius 1 is 1.35 bits per heavy atom. The van der Waals surface area contributed by atoms with Crippen molar-refractivity contribution in [3.8, 4) is 0 Å². The molecule has 2 heterocycles. The number of nitrogens with zero attached hydrogens (tertiary/aromatic N) is 2. The van der Waals surface area contributed by atoms with E-state index >= 15 is 0 Å². The highest BCUT2D eigenvalue weighted by Gasteiger charge is 2.43. The van der Waals surface area contributed by atoms with E-state index in [4.69, 9.17) is 11.6 Å². The molecule has 0 saturated carbocycles. The van der Waals surface area contributed by atoms with Gasteiger partial charge in [-0.2, -0.15) is 0 Å². The molecule has 2 atom stereocenters. The number of hydrogen-bond donors (Lipinski definition) is 0. The predicted molar refractivity (Wildman–Crippen MR) is 81.1 cm³/mol. The third-order valence-electron chi connectivity index (χ3n) is 4.39. The summed E-state index contributed by atoms with van der Waals surface area (Å²) < 4.78 is 0. The van der Waals surface area contributed by atoms with Crippen LogP contribution in [-0.2, 0) is 0 Å². The largest absolute Gasteiger partial charge is 0.334 e. The second kappa shape index (κ2) is 5.58. The van der Waals surface area contributed by atoms with E-state index in [2.05, 4.69) is 11.5 Å². The lowest BCUT2D eigenvalue weighted by Crippen LogP contribution is -2.39. The second-order valence-corrected chi connectivity index (χ2v) is 5.94. The summed E-state index contributed by atoms with van der Waals surface area (Å²) in [6, 6.07) is 8.08. The summed E-state index contributed by atoms with van der Waals surface area (Å²) in [5.74, 6) is 0.112. The first-order chi connectivity index (χ1) is 9.70. The predicted octanol–water partition coefficient (Wildman–Crippen LogP) is 2.81. The van der Waals surface area contributed by atoms with Gasteiger partial charge in [0.25, 0.3) is 5.91 Å². The zero-order valence-corrected chi connectivity index (χ0v) is 12.2. The van der Waals surface area contributed by atoms with Crippen molar-refractivity contribution in [2.45, 2.75) is 24.9 Å². The first-order valence-corrected chi connectivity index (χ1v) is 7.50. The van der Waals surface area contributed by atoms with E-state index in [0.29, 0.717) is 22.7 Å². The van der Waals surface area contributed by atoms with Gasteiger partial charge in [0, 0.05) is 42.3 Å². The maximum absolute atomic E-state index is 12.6. The monoisotopic (exact) mass is 290 g/mol. The highest BCUT2D eigenvalue weighted by atomic mass is 35.5. The number of hydrogen-bond acceptors (Lipinski definition) is 2. The molecule has 0 aliphatic carbocycles. The van der Waals surface area contributed by atoms with Crippen molar-refractivity contribution in [2.75, 3.05) is 19.6 Å². The summed E-state index contributed by atoms with van der Waals surface area (Å²) in [6.45, 7) is 6.63. The highest BCUT2D eigenvalue weighted by Crippen LogP contribution is 2.32. The lowest BCUT2D eigenvalue weighted by atomic mass is 10.1. The van der Waals surface area contributed by atoms with E-state index in [0.717, 1.165) is 32.5 Å². The van der Waals surface area contributed by atoms with E-state index in [1.54, 1.807) is 12.1 Å². The first-order valence-electron chi connectivity index (χ1n) is 7.12. The molecule has 4 heteroatoms. The van der Waals surface area contributed by atoms with Gasteiger partial charge in [-0.05, 0) is 31.0 Å². The number of halogens is 1. The summed E-state index contributed by atoms with van der Waals surface area (Å²) in [4.78, 5) is 17.1. The Bertz CT molecular complexity index is 531. The molecular formula is C16H19ClN2O. The number of rotatable bonds is 3. The molecule has 1 aromatic carbocycles. The zero-order valence-electron chi connectivity index (χ0n) is 11.5. The van der Waals surface area contributed by atoms with Crippen LogP contribution >= 0.6 is 11.6 Å². The lowest BCUT2D eigenvalue weighted by Gasteiger charge is -2.25. The van der Waals surface area contributed by atoms with Gasteiger partial charge in [-0.25, -0.2) is 0 Å². The SMILES string of the molecule is C=CCN1CC[C@@H]2[C@@H]1CCN2C(=O)c1cccc(Cl)c1. The van der Waals surface area contributed by atoms with Gasteiger partial charge >= 0.3 is 0 Å². The van der Waals surface area contributed by atoms with Crippen LogP contribution in [0.15, 0.2) is 36.9 Å². The molecule has 2 fully saturated rings. The molecule has 2 saturated heterocycles. The highest BCUT2D eigenvalue weighted by molar-refractivity contribution is 6.30. The number of amides is 1. The van der Waals surface area contributed by atoms with Crippen molar-refractivity contribution < 1.29 is 4.79 Å². The zero-order chi connectivity index (χ0) is 14.1. The Balaban J connectivity index is 1.76. The van der Waals surface area contributed by atoms with Crippen LogP contribution in [0.5, 0.6) is 0 Å². The number of fused-ring (bicyclic) bond motifs is 1. The number of carbonyl (C=O) groups excluding carboxylic acids is 1. The molecule has 0 bridgehead atoms. The van der Waals surface area contributed by atoms with Crippen molar-refractivity contribution in [1.82, 2.24) is 9.80 Å². The van der Waals surface area contributed by atoms with Crippen molar-refractivity contribution in [2.24, 2.45) is 0 Å². The van der Waals surface area contributed by atoms with Gasteiger partial charge in [0.2, 0.25) is 0 Å². The van der Waals surface area contributed by atoms with Crippen molar-refractivity contribution >= 4 is 17.5 Å². The van der Waals surface area contributed by atoms with Gasteiger partial charge in [0.15, 0.2) is 0 Å². The summed E-state index contributed by atoms with van der Waals surface area (Å²) in [5.41, 5.74) is 0.695. The molecule has 2 aliphatic heterocycles. The molecule has 3 rings (SSSR count). The van der Waals surface area contributed by atoms with E-state index in [-0.39, 0.29) is 5.91 Å². The minimum absolute atomic E-state index is 0.112. The van der Waals surface area contributed by atoms with Crippen LogP contribution in [0.25, 0.3) is 0 Å². The normalized spacial score (nSPS) is 25.8. The minimum atomic E-state index is 0.112. The molecule has 0 spiro atoms. The molecule has 0 N–H and O–H groups in total. The van der Waals surface area contributed by atoms with E-state index in [1.165, 1.54) is 0 Å². The Kier molecular flexibility index (Phi) is 3.81. The average molecular weight is 291 g/mol.